The van der Waals surface area contributed by atoms with E-state index in [-0.39, 0.29) is 0 Å². The number of aromatic nitrogens is 1. The molecule has 0 fully saturated rings. The molecule has 18 heavy (non-hydrogen) atoms. The van der Waals surface area contributed by atoms with Gasteiger partial charge in [-0.25, -0.2) is 0 Å². The van der Waals surface area contributed by atoms with Crippen LogP contribution in [-0.4, -0.2) is 11.6 Å². The van der Waals surface area contributed by atoms with Gasteiger partial charge in [0.1, 0.15) is 5.75 Å². The van der Waals surface area contributed by atoms with Gasteiger partial charge in [-0.3, -0.25) is 0 Å². The molecular formula is C14H17ClN2O. The fraction of sp³-hybridized carbons (Fsp3) is 0.286. The lowest BCUT2D eigenvalue weighted by molar-refractivity contribution is 0.319. The lowest BCUT2D eigenvalue weighted by Gasteiger charge is -2.12. The molecule has 1 aromatic carbocycles. The average molecular weight is 265 g/mol. The predicted molar refractivity (Wildman–Crippen MR) is 75.4 cm³/mol. The quantitative estimate of drug-likeness (QED) is 0.825. The van der Waals surface area contributed by atoms with E-state index >= 15 is 0 Å². The normalized spacial score (nSPS) is 10.3. The molecule has 3 nitrogen and oxygen atoms in total. The SMILES string of the molecule is CCCOc1ccc(Cl)cc1NCc1ccc[nH]1. The highest BCUT2D eigenvalue weighted by molar-refractivity contribution is 6.30. The highest BCUT2D eigenvalue weighted by atomic mass is 35.5. The number of hydrogen-bond acceptors (Lipinski definition) is 2. The summed E-state index contributed by atoms with van der Waals surface area (Å²) in [6, 6.07) is 9.63. The molecule has 0 aliphatic heterocycles. The highest BCUT2D eigenvalue weighted by Crippen LogP contribution is 2.28. The van der Waals surface area contributed by atoms with Crippen molar-refractivity contribution in [2.45, 2.75) is 19.9 Å². The molecule has 0 spiro atoms. The van der Waals surface area contributed by atoms with E-state index in [0.717, 1.165) is 30.1 Å². The number of aromatic amines is 1. The van der Waals surface area contributed by atoms with Crippen LogP contribution in [-0.2, 0) is 6.54 Å². The maximum absolute atomic E-state index is 6.01. The van der Waals surface area contributed by atoms with Crippen molar-refractivity contribution >= 4 is 17.3 Å². The zero-order chi connectivity index (χ0) is 12.8. The number of nitrogens with one attached hydrogen (secondary N) is 2. The number of H-pyrrole nitrogens is 1. The first kappa shape index (κ1) is 12.8. The third kappa shape index (κ3) is 3.44. The summed E-state index contributed by atoms with van der Waals surface area (Å²) >= 11 is 6.01. The molecule has 96 valence electrons. The van der Waals surface area contributed by atoms with E-state index in [2.05, 4.69) is 17.2 Å². The predicted octanol–water partition coefficient (Wildman–Crippen LogP) is 4.07. The Labute approximate surface area is 112 Å². The fourth-order valence-electron chi connectivity index (χ4n) is 1.65. The standard InChI is InChI=1S/C14H17ClN2O/c1-2-8-18-14-6-5-11(15)9-13(14)17-10-12-4-3-7-16-12/h3-7,9,16-17H,2,8,10H2,1H3. The van der Waals surface area contributed by atoms with Gasteiger partial charge in [-0.2, -0.15) is 0 Å². The molecule has 0 aliphatic rings. The number of rotatable bonds is 6. The minimum atomic E-state index is 0.702. The molecule has 0 unspecified atom stereocenters. The summed E-state index contributed by atoms with van der Waals surface area (Å²) in [5, 5.41) is 4.03. The van der Waals surface area contributed by atoms with E-state index in [0.29, 0.717) is 11.6 Å². The molecule has 0 radical (unpaired) electrons. The van der Waals surface area contributed by atoms with E-state index in [9.17, 15) is 0 Å². The second kappa shape index (κ2) is 6.36. The Bertz CT molecular complexity index is 483. The number of anilines is 1. The number of ether oxygens (including phenoxy) is 1. The van der Waals surface area contributed by atoms with Crippen molar-refractivity contribution in [3.8, 4) is 5.75 Å². The van der Waals surface area contributed by atoms with Crippen LogP contribution >= 0.6 is 11.6 Å². The van der Waals surface area contributed by atoms with Crippen LogP contribution in [0.4, 0.5) is 5.69 Å². The fourth-order valence-corrected chi connectivity index (χ4v) is 1.82. The molecule has 2 aromatic rings. The van der Waals surface area contributed by atoms with Gasteiger partial charge in [-0.1, -0.05) is 18.5 Å². The molecule has 1 aromatic heterocycles. The molecule has 2 rings (SSSR count). The Morgan fingerprint density at radius 2 is 2.22 bits per heavy atom. The molecule has 0 saturated carbocycles. The second-order valence-electron chi connectivity index (χ2n) is 4.04. The first-order valence-corrected chi connectivity index (χ1v) is 6.46. The third-order valence-corrected chi connectivity index (χ3v) is 2.77. The minimum Gasteiger partial charge on any atom is -0.491 e. The maximum Gasteiger partial charge on any atom is 0.142 e. The van der Waals surface area contributed by atoms with Gasteiger partial charge in [-0.15, -0.1) is 0 Å². The monoisotopic (exact) mass is 264 g/mol. The van der Waals surface area contributed by atoms with Crippen LogP contribution in [0.2, 0.25) is 5.02 Å². The Morgan fingerprint density at radius 3 is 2.94 bits per heavy atom. The van der Waals surface area contributed by atoms with Gasteiger partial charge in [0.25, 0.3) is 0 Å². The summed E-state index contributed by atoms with van der Waals surface area (Å²) in [4.78, 5) is 3.15. The molecule has 0 atom stereocenters. The van der Waals surface area contributed by atoms with Crippen molar-refractivity contribution in [3.05, 3.63) is 47.2 Å². The summed E-state index contributed by atoms with van der Waals surface area (Å²) in [6.45, 7) is 3.51. The highest BCUT2D eigenvalue weighted by Gasteiger charge is 2.04. The van der Waals surface area contributed by atoms with Crippen LogP contribution in [0.25, 0.3) is 0 Å². The van der Waals surface area contributed by atoms with Gasteiger partial charge in [0.05, 0.1) is 18.8 Å². The Balaban J connectivity index is 2.06. The first-order valence-electron chi connectivity index (χ1n) is 6.08. The smallest absolute Gasteiger partial charge is 0.142 e. The van der Waals surface area contributed by atoms with Gasteiger partial charge >= 0.3 is 0 Å². The van der Waals surface area contributed by atoms with Crippen molar-refractivity contribution in [2.75, 3.05) is 11.9 Å². The third-order valence-electron chi connectivity index (χ3n) is 2.53. The van der Waals surface area contributed by atoms with E-state index in [1.54, 1.807) is 0 Å². The maximum atomic E-state index is 6.01. The van der Waals surface area contributed by atoms with Gasteiger partial charge < -0.3 is 15.0 Å². The Hall–Kier alpha value is -1.61. The van der Waals surface area contributed by atoms with Crippen LogP contribution < -0.4 is 10.1 Å². The summed E-state index contributed by atoms with van der Waals surface area (Å²) in [7, 11) is 0. The van der Waals surface area contributed by atoms with Crippen LogP contribution in [0.3, 0.4) is 0 Å². The van der Waals surface area contributed by atoms with Crippen LogP contribution in [0.15, 0.2) is 36.5 Å². The van der Waals surface area contributed by atoms with Gasteiger partial charge in [0.2, 0.25) is 0 Å². The molecule has 0 saturated heterocycles. The summed E-state index contributed by atoms with van der Waals surface area (Å²) < 4.78 is 5.68. The zero-order valence-electron chi connectivity index (χ0n) is 10.4. The zero-order valence-corrected chi connectivity index (χ0v) is 11.1. The van der Waals surface area contributed by atoms with E-state index in [4.69, 9.17) is 16.3 Å². The number of benzene rings is 1. The molecule has 0 bridgehead atoms. The van der Waals surface area contributed by atoms with Crippen molar-refractivity contribution in [3.63, 3.8) is 0 Å². The molecule has 0 aliphatic carbocycles. The second-order valence-corrected chi connectivity index (χ2v) is 4.47. The van der Waals surface area contributed by atoms with E-state index in [1.165, 1.54) is 0 Å². The van der Waals surface area contributed by atoms with Crippen molar-refractivity contribution in [2.24, 2.45) is 0 Å². The Morgan fingerprint density at radius 1 is 1.33 bits per heavy atom. The van der Waals surface area contributed by atoms with Crippen LogP contribution in [0.5, 0.6) is 5.75 Å². The Kier molecular flexibility index (Phi) is 4.53. The van der Waals surface area contributed by atoms with Gasteiger partial charge in [-0.05, 0) is 36.8 Å². The lowest BCUT2D eigenvalue weighted by Crippen LogP contribution is -2.03. The average Bonchev–Trinajstić information content (AvgIpc) is 2.88. The lowest BCUT2D eigenvalue weighted by atomic mass is 10.3. The molecule has 0 amide bonds. The summed E-state index contributed by atoms with van der Waals surface area (Å²) in [5.74, 6) is 0.841. The molecule has 1 heterocycles. The molecular weight excluding hydrogens is 248 g/mol. The first-order chi connectivity index (χ1) is 8.79. The topological polar surface area (TPSA) is 37.0 Å². The number of hydrogen-bond donors (Lipinski definition) is 2. The molecule has 4 heteroatoms. The van der Waals surface area contributed by atoms with Gasteiger partial charge in [0, 0.05) is 16.9 Å². The van der Waals surface area contributed by atoms with Crippen molar-refractivity contribution in [1.29, 1.82) is 0 Å². The summed E-state index contributed by atoms with van der Waals surface area (Å²) in [6.07, 6.45) is 2.89. The number of halogens is 1. The van der Waals surface area contributed by atoms with Crippen molar-refractivity contribution < 1.29 is 4.74 Å². The van der Waals surface area contributed by atoms with Crippen LogP contribution in [0, 0.1) is 0 Å². The largest absolute Gasteiger partial charge is 0.491 e. The van der Waals surface area contributed by atoms with E-state index in [1.807, 2.05) is 36.5 Å². The van der Waals surface area contributed by atoms with Crippen molar-refractivity contribution in [1.82, 2.24) is 4.98 Å². The van der Waals surface area contributed by atoms with E-state index < -0.39 is 0 Å². The minimum absolute atomic E-state index is 0.702. The van der Waals surface area contributed by atoms with Crippen LogP contribution in [0.1, 0.15) is 19.0 Å². The molecule has 2 N–H and O–H groups in total. The van der Waals surface area contributed by atoms with Gasteiger partial charge in [0.15, 0.2) is 0 Å². The summed E-state index contributed by atoms with van der Waals surface area (Å²) in [5.41, 5.74) is 2.04.